The van der Waals surface area contributed by atoms with Crippen molar-refractivity contribution >= 4 is 5.97 Å². The Labute approximate surface area is 81.0 Å². The van der Waals surface area contributed by atoms with Gasteiger partial charge in [-0.25, -0.2) is 4.79 Å². The van der Waals surface area contributed by atoms with E-state index in [1.165, 1.54) is 10.5 Å². The molecule has 0 amide bonds. The van der Waals surface area contributed by atoms with E-state index in [0.717, 1.165) is 6.42 Å². The van der Waals surface area contributed by atoms with E-state index in [4.69, 9.17) is 5.11 Å². The summed E-state index contributed by atoms with van der Waals surface area (Å²) in [7, 11) is 0. The third-order valence-corrected chi connectivity index (χ3v) is 2.26. The van der Waals surface area contributed by atoms with Crippen molar-refractivity contribution in [3.63, 3.8) is 0 Å². The molecule has 1 rings (SSSR count). The summed E-state index contributed by atoms with van der Waals surface area (Å²) in [6.07, 6.45) is 2.58. The minimum Gasteiger partial charge on any atom is -0.477 e. The summed E-state index contributed by atoms with van der Waals surface area (Å²) in [6.45, 7) is 2.15. The first-order chi connectivity index (χ1) is 6.42. The highest BCUT2D eigenvalue weighted by Gasteiger charge is 2.40. The predicted octanol–water partition coefficient (Wildman–Crippen LogP) is 1.36. The van der Waals surface area contributed by atoms with E-state index in [-0.39, 0.29) is 0 Å². The average Bonchev–Trinajstić information content (AvgIpc) is 2.08. The van der Waals surface area contributed by atoms with Gasteiger partial charge in [-0.1, -0.05) is 11.6 Å². The summed E-state index contributed by atoms with van der Waals surface area (Å²) >= 11 is 0. The zero-order valence-corrected chi connectivity index (χ0v) is 7.96. The minimum atomic E-state index is -3.64. The first-order valence-electron chi connectivity index (χ1n) is 4.41. The number of hydrogen-bond donors (Lipinski definition) is 1. The van der Waals surface area contributed by atoms with Gasteiger partial charge >= 0.3 is 11.9 Å². The van der Waals surface area contributed by atoms with Crippen LogP contribution < -0.4 is 0 Å². The van der Waals surface area contributed by atoms with Crippen LogP contribution in [0.3, 0.4) is 0 Å². The van der Waals surface area contributed by atoms with Crippen molar-refractivity contribution in [3.8, 4) is 0 Å². The lowest BCUT2D eigenvalue weighted by atomic mass is 10.1. The third-order valence-electron chi connectivity index (χ3n) is 2.26. The third kappa shape index (κ3) is 2.77. The molecule has 0 aliphatic carbocycles. The van der Waals surface area contributed by atoms with E-state index in [2.05, 4.69) is 0 Å². The first-order valence-corrected chi connectivity index (χ1v) is 4.41. The molecule has 0 aromatic heterocycles. The largest absolute Gasteiger partial charge is 0.477 e. The second-order valence-corrected chi connectivity index (χ2v) is 3.55. The van der Waals surface area contributed by atoms with E-state index >= 15 is 0 Å². The van der Waals surface area contributed by atoms with E-state index < -0.39 is 18.4 Å². The van der Waals surface area contributed by atoms with Crippen molar-refractivity contribution in [2.24, 2.45) is 0 Å². The van der Waals surface area contributed by atoms with Crippen LogP contribution in [-0.4, -0.2) is 41.5 Å². The van der Waals surface area contributed by atoms with Gasteiger partial charge in [0.25, 0.3) is 0 Å². The first kappa shape index (κ1) is 11.1. The van der Waals surface area contributed by atoms with Crippen LogP contribution in [0.2, 0.25) is 0 Å². The summed E-state index contributed by atoms with van der Waals surface area (Å²) < 4.78 is 25.5. The molecule has 14 heavy (non-hydrogen) atoms. The number of alkyl halides is 2. The molecule has 1 aliphatic rings. The predicted molar refractivity (Wildman–Crippen MR) is 47.4 cm³/mol. The van der Waals surface area contributed by atoms with Crippen molar-refractivity contribution in [1.82, 2.24) is 4.90 Å². The van der Waals surface area contributed by atoms with Gasteiger partial charge in [0, 0.05) is 13.1 Å². The summed E-state index contributed by atoms with van der Waals surface area (Å²) in [6, 6.07) is 0. The van der Waals surface area contributed by atoms with Crippen molar-refractivity contribution < 1.29 is 18.7 Å². The molecule has 1 heterocycles. The molecule has 0 spiro atoms. The molecule has 0 aromatic rings. The van der Waals surface area contributed by atoms with Crippen molar-refractivity contribution in [2.45, 2.75) is 19.3 Å². The normalized spacial score (nSPS) is 19.2. The Morgan fingerprint density at radius 2 is 2.36 bits per heavy atom. The summed E-state index contributed by atoms with van der Waals surface area (Å²) in [5, 5.41) is 8.23. The lowest BCUT2D eigenvalue weighted by Gasteiger charge is -2.27. The molecule has 0 aromatic carbocycles. The number of hydrogen-bond acceptors (Lipinski definition) is 2. The SMILES string of the molecule is CC1=CCN(CC(F)(F)C(=O)O)CC1. The van der Waals surface area contributed by atoms with Gasteiger partial charge in [-0.05, 0) is 13.3 Å². The number of carbonyl (C=O) groups is 1. The monoisotopic (exact) mass is 205 g/mol. The van der Waals surface area contributed by atoms with E-state index in [1.807, 2.05) is 13.0 Å². The molecule has 3 nitrogen and oxygen atoms in total. The smallest absolute Gasteiger partial charge is 0.375 e. The lowest BCUT2D eigenvalue weighted by Crippen LogP contribution is -2.43. The number of rotatable bonds is 3. The highest BCUT2D eigenvalue weighted by Crippen LogP contribution is 2.18. The molecule has 0 saturated carbocycles. The van der Waals surface area contributed by atoms with Crippen LogP contribution in [0.1, 0.15) is 13.3 Å². The molecule has 0 radical (unpaired) electrons. The molecule has 0 bridgehead atoms. The van der Waals surface area contributed by atoms with E-state index in [1.54, 1.807) is 0 Å². The highest BCUT2D eigenvalue weighted by atomic mass is 19.3. The molecule has 0 unspecified atom stereocenters. The van der Waals surface area contributed by atoms with Gasteiger partial charge in [0.05, 0.1) is 6.54 Å². The zero-order valence-electron chi connectivity index (χ0n) is 7.96. The van der Waals surface area contributed by atoms with Gasteiger partial charge in [0.2, 0.25) is 0 Å². The molecule has 5 heteroatoms. The van der Waals surface area contributed by atoms with Crippen LogP contribution in [0.15, 0.2) is 11.6 Å². The fourth-order valence-corrected chi connectivity index (χ4v) is 1.30. The molecular formula is C9H13F2NO2. The summed E-state index contributed by atoms with van der Waals surface area (Å²) in [5.74, 6) is -5.69. The van der Waals surface area contributed by atoms with E-state index in [9.17, 15) is 13.6 Å². The maximum Gasteiger partial charge on any atom is 0.375 e. The average molecular weight is 205 g/mol. The molecular weight excluding hydrogens is 192 g/mol. The number of nitrogens with zero attached hydrogens (tertiary/aromatic N) is 1. The minimum absolute atomic E-state index is 0.411. The second-order valence-electron chi connectivity index (χ2n) is 3.55. The van der Waals surface area contributed by atoms with Gasteiger partial charge in [-0.3, -0.25) is 4.90 Å². The van der Waals surface area contributed by atoms with E-state index in [0.29, 0.717) is 13.1 Å². The fraction of sp³-hybridized carbons (Fsp3) is 0.667. The van der Waals surface area contributed by atoms with Gasteiger partial charge in [0.15, 0.2) is 0 Å². The van der Waals surface area contributed by atoms with Crippen LogP contribution >= 0.6 is 0 Å². The van der Waals surface area contributed by atoms with Crippen LogP contribution in [0.4, 0.5) is 8.78 Å². The van der Waals surface area contributed by atoms with Crippen molar-refractivity contribution in [1.29, 1.82) is 0 Å². The van der Waals surface area contributed by atoms with Crippen molar-refractivity contribution in [2.75, 3.05) is 19.6 Å². The van der Waals surface area contributed by atoms with Crippen molar-refractivity contribution in [3.05, 3.63) is 11.6 Å². The van der Waals surface area contributed by atoms with Gasteiger partial charge < -0.3 is 5.11 Å². The Hall–Kier alpha value is -0.970. The fourth-order valence-electron chi connectivity index (χ4n) is 1.30. The molecule has 0 fully saturated rings. The van der Waals surface area contributed by atoms with Crippen LogP contribution in [-0.2, 0) is 4.79 Å². The quantitative estimate of drug-likeness (QED) is 0.707. The number of carboxylic acids is 1. The Morgan fingerprint density at radius 1 is 1.71 bits per heavy atom. The Kier molecular flexibility index (Phi) is 3.21. The number of halogens is 2. The second kappa shape index (κ2) is 4.04. The Balaban J connectivity index is 2.50. The zero-order chi connectivity index (χ0) is 10.8. The van der Waals surface area contributed by atoms with Crippen LogP contribution in [0.5, 0.6) is 0 Å². The standard InChI is InChI=1S/C9H13F2NO2/c1-7-2-4-12(5-3-7)6-9(10,11)8(13)14/h2H,3-6H2,1H3,(H,13,14). The number of aliphatic carboxylic acids is 1. The molecule has 0 atom stereocenters. The molecule has 1 aliphatic heterocycles. The molecule has 1 N–H and O–H groups in total. The molecule has 80 valence electrons. The maximum atomic E-state index is 12.8. The van der Waals surface area contributed by atoms with Gasteiger partial charge in [0.1, 0.15) is 0 Å². The topological polar surface area (TPSA) is 40.5 Å². The van der Waals surface area contributed by atoms with Gasteiger partial charge in [-0.15, -0.1) is 0 Å². The maximum absolute atomic E-state index is 12.8. The van der Waals surface area contributed by atoms with Crippen LogP contribution in [0, 0.1) is 0 Å². The van der Waals surface area contributed by atoms with Gasteiger partial charge in [-0.2, -0.15) is 8.78 Å². The number of carboxylic acid groups (broad SMARTS) is 1. The van der Waals surface area contributed by atoms with Crippen LogP contribution in [0.25, 0.3) is 0 Å². The summed E-state index contributed by atoms with van der Waals surface area (Å²) in [4.78, 5) is 11.6. The Bertz CT molecular complexity index is 264. The highest BCUT2D eigenvalue weighted by molar-refractivity contribution is 5.75. The summed E-state index contributed by atoms with van der Waals surface area (Å²) in [5.41, 5.74) is 1.17. The molecule has 0 saturated heterocycles. The Morgan fingerprint density at radius 3 is 2.79 bits per heavy atom. The lowest BCUT2D eigenvalue weighted by molar-refractivity contribution is -0.167.